The second kappa shape index (κ2) is 12.8. The Bertz CT molecular complexity index is 1800. The van der Waals surface area contributed by atoms with E-state index in [9.17, 15) is 19.5 Å². The fraction of sp³-hybridized carbons (Fsp3) is 0.235. The van der Waals surface area contributed by atoms with Crippen molar-refractivity contribution in [2.45, 2.75) is 33.4 Å². The number of Topliss-reactive ketones (excluding diaryl/α,β-unsaturated/α-hetero) is 2. The number of ketones is 2. The van der Waals surface area contributed by atoms with E-state index in [0.717, 1.165) is 22.5 Å². The maximum Gasteiger partial charge on any atom is 0.301 e. The van der Waals surface area contributed by atoms with Gasteiger partial charge in [-0.15, -0.1) is 0 Å². The molecule has 1 unspecified atom stereocenters. The van der Waals surface area contributed by atoms with Gasteiger partial charge < -0.3 is 24.1 Å². The summed E-state index contributed by atoms with van der Waals surface area (Å²) >= 11 is 0.997. The number of anilines is 1. The quantitative estimate of drug-likeness (QED) is 0.0947. The van der Waals surface area contributed by atoms with E-state index in [1.807, 2.05) is 31.2 Å². The lowest BCUT2D eigenvalue weighted by atomic mass is 9.94. The molecule has 1 atom stereocenters. The molecule has 1 saturated heterocycles. The van der Waals surface area contributed by atoms with Crippen LogP contribution in [0.25, 0.3) is 5.76 Å². The first-order valence-corrected chi connectivity index (χ1v) is 14.8. The van der Waals surface area contributed by atoms with Gasteiger partial charge in [0.05, 0.1) is 43.5 Å². The minimum absolute atomic E-state index is 0.137. The molecule has 4 aromatic rings. The van der Waals surface area contributed by atoms with Crippen LogP contribution in [0.1, 0.15) is 50.6 Å². The third-order valence-corrected chi connectivity index (χ3v) is 8.63. The predicted octanol–water partition coefficient (Wildman–Crippen LogP) is 6.19. The van der Waals surface area contributed by atoms with Crippen molar-refractivity contribution in [3.63, 3.8) is 0 Å². The van der Waals surface area contributed by atoms with Gasteiger partial charge in [0, 0.05) is 12.5 Å². The lowest BCUT2D eigenvalue weighted by Crippen LogP contribution is -2.29. The number of methoxy groups -OCH3 is 3. The van der Waals surface area contributed by atoms with Gasteiger partial charge in [0.15, 0.2) is 22.4 Å². The summed E-state index contributed by atoms with van der Waals surface area (Å²) < 4.78 is 22.5. The fourth-order valence-electron chi connectivity index (χ4n) is 5.25. The molecule has 1 aromatic heterocycles. The van der Waals surface area contributed by atoms with Gasteiger partial charge in [0.25, 0.3) is 5.78 Å². The summed E-state index contributed by atoms with van der Waals surface area (Å²) in [4.78, 5) is 45.6. The Morgan fingerprint density at radius 3 is 2.18 bits per heavy atom. The third-order valence-electron chi connectivity index (χ3n) is 7.37. The molecule has 0 bridgehead atoms. The molecule has 11 heteroatoms. The lowest BCUT2D eigenvalue weighted by molar-refractivity contribution is -0.132. The van der Waals surface area contributed by atoms with Gasteiger partial charge in [0.1, 0.15) is 18.1 Å². The van der Waals surface area contributed by atoms with Gasteiger partial charge in [-0.25, -0.2) is 4.98 Å². The van der Waals surface area contributed by atoms with Crippen molar-refractivity contribution in [1.29, 1.82) is 0 Å². The lowest BCUT2D eigenvalue weighted by Gasteiger charge is -2.24. The molecule has 0 radical (unpaired) electrons. The molecule has 0 spiro atoms. The summed E-state index contributed by atoms with van der Waals surface area (Å²) in [6.45, 7) is 5.43. The van der Waals surface area contributed by atoms with Crippen LogP contribution in [0.3, 0.4) is 0 Å². The Morgan fingerprint density at radius 2 is 1.62 bits per heavy atom. The molecule has 45 heavy (non-hydrogen) atoms. The zero-order valence-corrected chi connectivity index (χ0v) is 26.5. The van der Waals surface area contributed by atoms with Gasteiger partial charge >= 0.3 is 5.91 Å². The van der Waals surface area contributed by atoms with Crippen LogP contribution < -0.4 is 23.8 Å². The number of hydrogen-bond donors (Lipinski definition) is 1. The maximum atomic E-state index is 13.7. The van der Waals surface area contributed by atoms with Crippen LogP contribution in [-0.2, 0) is 16.2 Å². The number of aromatic nitrogens is 1. The number of thiazole rings is 1. The molecular weight excluding hydrogens is 596 g/mol. The van der Waals surface area contributed by atoms with Crippen molar-refractivity contribution in [3.05, 3.63) is 99.1 Å². The topological polar surface area (TPSA) is 124 Å². The van der Waals surface area contributed by atoms with E-state index < -0.39 is 17.7 Å². The first kappa shape index (κ1) is 31.3. The second-order valence-corrected chi connectivity index (χ2v) is 11.4. The van der Waals surface area contributed by atoms with Gasteiger partial charge in [-0.3, -0.25) is 19.3 Å². The van der Waals surface area contributed by atoms with Crippen molar-refractivity contribution < 1.29 is 38.4 Å². The Kier molecular flexibility index (Phi) is 8.92. The number of amides is 1. The van der Waals surface area contributed by atoms with E-state index in [-0.39, 0.29) is 33.7 Å². The average molecular weight is 629 g/mol. The van der Waals surface area contributed by atoms with Gasteiger partial charge in [-0.2, -0.15) is 0 Å². The van der Waals surface area contributed by atoms with Gasteiger partial charge in [0.2, 0.25) is 5.75 Å². The summed E-state index contributed by atoms with van der Waals surface area (Å²) in [5.74, 6) is -0.988. The van der Waals surface area contributed by atoms with Crippen molar-refractivity contribution in [2.75, 3.05) is 26.2 Å². The van der Waals surface area contributed by atoms with Crippen molar-refractivity contribution in [2.24, 2.45) is 0 Å². The summed E-state index contributed by atoms with van der Waals surface area (Å²) in [6.07, 6.45) is 0. The number of aliphatic hydroxyl groups is 1. The van der Waals surface area contributed by atoms with E-state index in [2.05, 4.69) is 4.98 Å². The van der Waals surface area contributed by atoms with E-state index in [0.29, 0.717) is 39.8 Å². The number of benzene rings is 3. The van der Waals surface area contributed by atoms with Crippen molar-refractivity contribution in [1.82, 2.24) is 4.98 Å². The average Bonchev–Trinajstić information content (AvgIpc) is 3.55. The molecule has 1 aliphatic heterocycles. The van der Waals surface area contributed by atoms with Crippen molar-refractivity contribution in [3.8, 4) is 23.0 Å². The predicted molar refractivity (Wildman–Crippen MR) is 170 cm³/mol. The Morgan fingerprint density at radius 1 is 0.956 bits per heavy atom. The molecule has 3 aromatic carbocycles. The molecule has 1 aliphatic rings. The van der Waals surface area contributed by atoms with Gasteiger partial charge in [-0.05, 0) is 61.4 Å². The summed E-state index contributed by atoms with van der Waals surface area (Å²) in [5.41, 5.74) is 3.08. The second-order valence-electron chi connectivity index (χ2n) is 10.4. The number of carbonyl (C=O) groups excluding carboxylic acids is 3. The number of hydrogen-bond acceptors (Lipinski definition) is 10. The molecule has 5 rings (SSSR count). The van der Waals surface area contributed by atoms with Crippen molar-refractivity contribution >= 4 is 39.7 Å². The van der Waals surface area contributed by atoms with Crippen LogP contribution in [0.5, 0.6) is 23.0 Å². The minimum Gasteiger partial charge on any atom is -0.507 e. The highest BCUT2D eigenvalue weighted by atomic mass is 32.1. The molecule has 2 heterocycles. The first-order chi connectivity index (χ1) is 21.6. The zero-order valence-electron chi connectivity index (χ0n) is 25.7. The summed E-state index contributed by atoms with van der Waals surface area (Å²) in [6, 6.07) is 16.6. The normalized spacial score (nSPS) is 15.7. The Labute approximate surface area is 264 Å². The van der Waals surface area contributed by atoms with Crippen LogP contribution in [0.15, 0.2) is 66.2 Å². The number of nitrogens with zero attached hydrogens (tertiary/aromatic N) is 2. The highest BCUT2D eigenvalue weighted by Crippen LogP contribution is 2.48. The Balaban J connectivity index is 1.61. The molecule has 10 nitrogen and oxygen atoms in total. The van der Waals surface area contributed by atoms with Crippen LogP contribution in [0, 0.1) is 13.8 Å². The third kappa shape index (κ3) is 5.99. The summed E-state index contributed by atoms with van der Waals surface area (Å²) in [5, 5.41) is 11.8. The number of aliphatic hydroxyl groups excluding tert-OH is 1. The largest absolute Gasteiger partial charge is 0.507 e. The number of carbonyl (C=O) groups is 3. The minimum atomic E-state index is -1.14. The first-order valence-electron chi connectivity index (χ1n) is 14.0. The fourth-order valence-corrected chi connectivity index (χ4v) is 6.24. The molecule has 1 N–H and O–H groups in total. The number of rotatable bonds is 10. The van der Waals surface area contributed by atoms with E-state index >= 15 is 0 Å². The molecule has 0 aliphatic carbocycles. The molecular formula is C34H32N2O8S. The van der Waals surface area contributed by atoms with Crippen LogP contribution in [0.4, 0.5) is 5.13 Å². The maximum absolute atomic E-state index is 13.7. The molecule has 0 saturated carbocycles. The summed E-state index contributed by atoms with van der Waals surface area (Å²) in [7, 11) is 4.36. The SMILES string of the molecule is COc1cc(C2C(=C(O)c3ccc(OCc4cccc(C)c4)cc3)C(=O)C(=O)N2c2nc(C)c(C(C)=O)s2)cc(OC)c1OC. The molecule has 1 amide bonds. The monoisotopic (exact) mass is 628 g/mol. The smallest absolute Gasteiger partial charge is 0.301 e. The molecule has 1 fully saturated rings. The standard InChI is InChI=1S/C34H32N2O8S/c1-18-8-7-9-21(14-18)17-44-24-12-10-22(11-13-24)29(38)27-28(23-15-25(41-4)31(43-6)26(16-23)42-5)36(33(40)30(27)39)34-35-19(2)32(45-34)20(3)37/h7-16,28,38H,17H2,1-6H3. The van der Waals surface area contributed by atoms with Crippen LogP contribution in [-0.4, -0.2) is 48.9 Å². The highest BCUT2D eigenvalue weighted by molar-refractivity contribution is 7.18. The number of aryl methyl sites for hydroxylation is 2. The Hall–Kier alpha value is -5.16. The van der Waals surface area contributed by atoms with Crippen LogP contribution >= 0.6 is 11.3 Å². The van der Waals surface area contributed by atoms with Gasteiger partial charge in [-0.1, -0.05) is 41.2 Å². The highest BCUT2D eigenvalue weighted by Gasteiger charge is 2.49. The van der Waals surface area contributed by atoms with E-state index in [1.165, 1.54) is 33.2 Å². The number of ether oxygens (including phenoxy) is 4. The zero-order chi connectivity index (χ0) is 32.4. The van der Waals surface area contributed by atoms with E-state index in [4.69, 9.17) is 18.9 Å². The van der Waals surface area contributed by atoms with Crippen LogP contribution in [0.2, 0.25) is 0 Å². The molecule has 232 valence electrons. The van der Waals surface area contributed by atoms with E-state index in [1.54, 1.807) is 43.3 Å².